The van der Waals surface area contributed by atoms with E-state index in [1.165, 1.54) is 74.2 Å². The van der Waals surface area contributed by atoms with Gasteiger partial charge in [-0.3, -0.25) is 0 Å². The van der Waals surface area contributed by atoms with Gasteiger partial charge in [0.2, 0.25) is 0 Å². The molecule has 0 aliphatic heterocycles. The van der Waals surface area contributed by atoms with Crippen molar-refractivity contribution in [3.8, 4) is 0 Å². The Balaban J connectivity index is 1.26. The standard InChI is InChI=1S/C40H59NS/c1-25-18-20-37(5)22-23-38(6)29(34(37)26(25)2)16-17-33-39(38,7)21-19-32-36(3,4)24-31(35(42)40(32,33)8)41-30-15-11-13-27-12-9-10-14-28(27)30/h9-15,25-26,29,31-35,41-42H,16-24H2,1-8H3/t25-,26+,29-,31?,32+,33+,34+,35?,37-,38-,39-,40+/m1/s1. The average molecular weight is 586 g/mol. The Kier molecular flexibility index (Phi) is 6.81. The summed E-state index contributed by atoms with van der Waals surface area (Å²) in [5.41, 5.74) is 3.20. The van der Waals surface area contributed by atoms with E-state index < -0.39 is 0 Å². The molecule has 0 bridgehead atoms. The van der Waals surface area contributed by atoms with Gasteiger partial charge in [-0.15, -0.1) is 0 Å². The summed E-state index contributed by atoms with van der Waals surface area (Å²) in [6.07, 6.45) is 12.6. The summed E-state index contributed by atoms with van der Waals surface area (Å²) in [7, 11) is 0. The molecule has 0 aromatic heterocycles. The molecule has 1 N–H and O–H groups in total. The zero-order chi connectivity index (χ0) is 29.9. The first-order valence-corrected chi connectivity index (χ1v) is 18.2. The molecule has 1 nitrogen and oxygen atoms in total. The molecule has 0 saturated heterocycles. The Bertz CT molecular complexity index is 1340. The molecule has 0 amide bonds. The first-order valence-electron chi connectivity index (χ1n) is 17.7. The van der Waals surface area contributed by atoms with Crippen LogP contribution in [0.2, 0.25) is 0 Å². The Labute approximate surface area is 263 Å². The highest BCUT2D eigenvalue weighted by Gasteiger charge is 2.71. The molecule has 230 valence electrons. The van der Waals surface area contributed by atoms with Crippen LogP contribution in [0, 0.1) is 62.6 Å². The van der Waals surface area contributed by atoms with Crippen molar-refractivity contribution in [2.24, 2.45) is 62.6 Å². The lowest BCUT2D eigenvalue weighted by atomic mass is 9.31. The molecular formula is C40H59NS. The first kappa shape index (κ1) is 29.6. The van der Waals surface area contributed by atoms with Crippen LogP contribution in [0.5, 0.6) is 0 Å². The molecule has 7 rings (SSSR count). The number of hydrogen-bond acceptors (Lipinski definition) is 2. The van der Waals surface area contributed by atoms with Crippen LogP contribution in [-0.2, 0) is 0 Å². The highest BCUT2D eigenvalue weighted by atomic mass is 32.1. The number of rotatable bonds is 2. The zero-order valence-electron chi connectivity index (χ0n) is 28.0. The number of nitrogens with one attached hydrogen (secondary N) is 1. The normalized spacial score (nSPS) is 49.7. The van der Waals surface area contributed by atoms with Gasteiger partial charge in [0.15, 0.2) is 0 Å². The van der Waals surface area contributed by atoms with E-state index in [-0.39, 0.29) is 5.41 Å². The summed E-state index contributed by atoms with van der Waals surface area (Å²) in [5.74, 6) is 5.00. The van der Waals surface area contributed by atoms with Crippen molar-refractivity contribution >= 4 is 29.1 Å². The Morgan fingerprint density at radius 2 is 1.48 bits per heavy atom. The molecule has 2 heteroatoms. The average Bonchev–Trinajstić information content (AvgIpc) is 2.94. The highest BCUT2D eigenvalue weighted by Crippen LogP contribution is 2.77. The molecule has 5 aliphatic carbocycles. The fraction of sp³-hybridized carbons (Fsp3) is 0.750. The van der Waals surface area contributed by atoms with Crippen LogP contribution in [0.3, 0.4) is 0 Å². The monoisotopic (exact) mass is 585 g/mol. The summed E-state index contributed by atoms with van der Waals surface area (Å²) in [4.78, 5) is 0. The van der Waals surface area contributed by atoms with E-state index in [0.717, 1.165) is 35.5 Å². The summed E-state index contributed by atoms with van der Waals surface area (Å²) in [5, 5.41) is 7.15. The van der Waals surface area contributed by atoms with Crippen LogP contribution in [0.4, 0.5) is 5.69 Å². The third-order valence-electron chi connectivity index (χ3n) is 16.0. The molecule has 2 aromatic carbocycles. The summed E-state index contributed by atoms with van der Waals surface area (Å²) in [6.45, 7) is 21.4. The Hall–Kier alpha value is -1.15. The fourth-order valence-corrected chi connectivity index (χ4v) is 14.1. The van der Waals surface area contributed by atoms with Gasteiger partial charge >= 0.3 is 0 Å². The zero-order valence-corrected chi connectivity index (χ0v) is 28.9. The van der Waals surface area contributed by atoms with Gasteiger partial charge in [0, 0.05) is 22.4 Å². The second kappa shape index (κ2) is 9.67. The van der Waals surface area contributed by atoms with Crippen molar-refractivity contribution in [1.82, 2.24) is 0 Å². The van der Waals surface area contributed by atoms with E-state index >= 15 is 0 Å². The van der Waals surface area contributed by atoms with Gasteiger partial charge in [-0.2, -0.15) is 12.6 Å². The van der Waals surface area contributed by atoms with Crippen molar-refractivity contribution in [1.29, 1.82) is 0 Å². The lowest BCUT2D eigenvalue weighted by molar-refractivity contribution is -0.246. The predicted octanol–water partition coefficient (Wildman–Crippen LogP) is 11.3. The quantitative estimate of drug-likeness (QED) is 0.334. The largest absolute Gasteiger partial charge is 0.381 e. The Morgan fingerprint density at radius 1 is 0.738 bits per heavy atom. The molecule has 0 heterocycles. The minimum absolute atomic E-state index is 0.223. The minimum atomic E-state index is 0.223. The van der Waals surface area contributed by atoms with E-state index in [4.69, 9.17) is 12.6 Å². The maximum absolute atomic E-state index is 5.72. The number of fused-ring (bicyclic) bond motifs is 8. The van der Waals surface area contributed by atoms with Crippen molar-refractivity contribution in [2.75, 3.05) is 5.32 Å². The molecule has 5 saturated carbocycles. The molecular weight excluding hydrogens is 527 g/mol. The van der Waals surface area contributed by atoms with Crippen LogP contribution < -0.4 is 5.32 Å². The molecule has 2 unspecified atom stereocenters. The lowest BCUT2D eigenvalue weighted by Crippen LogP contribution is -2.70. The summed E-state index contributed by atoms with van der Waals surface area (Å²) in [6, 6.07) is 16.0. The molecule has 0 spiro atoms. The van der Waals surface area contributed by atoms with E-state index in [9.17, 15) is 0 Å². The number of anilines is 1. The first-order chi connectivity index (χ1) is 19.8. The van der Waals surface area contributed by atoms with Gasteiger partial charge in [-0.25, -0.2) is 0 Å². The van der Waals surface area contributed by atoms with Gasteiger partial charge in [0.05, 0.1) is 0 Å². The van der Waals surface area contributed by atoms with Crippen LogP contribution >= 0.6 is 12.6 Å². The molecule has 0 radical (unpaired) electrons. The second-order valence-corrected chi connectivity index (χ2v) is 18.6. The predicted molar refractivity (Wildman–Crippen MR) is 184 cm³/mol. The molecule has 5 fully saturated rings. The third-order valence-corrected chi connectivity index (χ3v) is 17.0. The van der Waals surface area contributed by atoms with Crippen molar-refractivity contribution in [2.45, 2.75) is 124 Å². The van der Waals surface area contributed by atoms with E-state index in [2.05, 4.69) is 103 Å². The minimum Gasteiger partial charge on any atom is -0.381 e. The smallest absolute Gasteiger partial charge is 0.0422 e. The summed E-state index contributed by atoms with van der Waals surface area (Å²) >= 11 is 5.72. The number of hydrogen-bond donors (Lipinski definition) is 2. The SMILES string of the molecule is C[C@@H]1[C@H]2[C@H]3CC[C@@H]4[C@@]5(C)C(S)C(Nc6cccc7ccccc67)CC(C)(C)[C@@H]5CC[C@@]4(C)[C@]3(C)CC[C@@]2(C)CC[C@H]1C. The number of benzene rings is 2. The number of thiol groups is 1. The third kappa shape index (κ3) is 3.87. The van der Waals surface area contributed by atoms with E-state index in [1.807, 2.05) is 0 Å². The van der Waals surface area contributed by atoms with Crippen LogP contribution in [0.25, 0.3) is 10.8 Å². The van der Waals surface area contributed by atoms with Crippen molar-refractivity contribution < 1.29 is 0 Å². The maximum Gasteiger partial charge on any atom is 0.0422 e. The van der Waals surface area contributed by atoms with E-state index in [0.29, 0.717) is 33.0 Å². The van der Waals surface area contributed by atoms with Crippen molar-refractivity contribution in [3.05, 3.63) is 42.5 Å². The van der Waals surface area contributed by atoms with Gasteiger partial charge < -0.3 is 5.32 Å². The van der Waals surface area contributed by atoms with E-state index in [1.54, 1.807) is 0 Å². The molecule has 2 aromatic rings. The fourth-order valence-electron chi connectivity index (χ4n) is 13.6. The van der Waals surface area contributed by atoms with Crippen molar-refractivity contribution in [3.63, 3.8) is 0 Å². The van der Waals surface area contributed by atoms with Gasteiger partial charge in [-0.1, -0.05) is 91.8 Å². The van der Waals surface area contributed by atoms with Gasteiger partial charge in [0.1, 0.15) is 0 Å². The van der Waals surface area contributed by atoms with Gasteiger partial charge in [0.25, 0.3) is 0 Å². The van der Waals surface area contributed by atoms with Crippen LogP contribution in [0.15, 0.2) is 42.5 Å². The highest BCUT2D eigenvalue weighted by molar-refractivity contribution is 7.81. The summed E-state index contributed by atoms with van der Waals surface area (Å²) < 4.78 is 0. The molecule has 5 aliphatic rings. The Morgan fingerprint density at radius 3 is 2.26 bits per heavy atom. The molecule has 42 heavy (non-hydrogen) atoms. The molecule has 12 atom stereocenters. The maximum atomic E-state index is 5.72. The lowest BCUT2D eigenvalue weighted by Gasteiger charge is -2.75. The van der Waals surface area contributed by atoms with Crippen LogP contribution in [0.1, 0.15) is 113 Å². The second-order valence-electron chi connectivity index (χ2n) is 18.0. The van der Waals surface area contributed by atoms with Crippen LogP contribution in [-0.4, -0.2) is 11.3 Å². The van der Waals surface area contributed by atoms with Gasteiger partial charge in [-0.05, 0) is 132 Å². The topological polar surface area (TPSA) is 12.0 Å².